The van der Waals surface area contributed by atoms with Crippen molar-refractivity contribution < 1.29 is 9.59 Å². The molecule has 136 valence electrons. The molecule has 0 aliphatic carbocycles. The van der Waals surface area contributed by atoms with Gasteiger partial charge in [0.25, 0.3) is 5.91 Å². The Morgan fingerprint density at radius 2 is 1.65 bits per heavy atom. The van der Waals surface area contributed by atoms with Gasteiger partial charge >= 0.3 is 6.03 Å². The maximum Gasteiger partial charge on any atom is 0.321 e. The number of benzene rings is 2. The second kappa shape index (κ2) is 8.73. The molecule has 0 saturated carbocycles. The zero-order valence-electron chi connectivity index (χ0n) is 14.1. The molecule has 0 bridgehead atoms. The van der Waals surface area contributed by atoms with E-state index in [1.807, 2.05) is 29.2 Å². The highest BCUT2D eigenvalue weighted by Gasteiger charge is 2.23. The van der Waals surface area contributed by atoms with Crippen molar-refractivity contribution in [2.45, 2.75) is 6.42 Å². The van der Waals surface area contributed by atoms with Gasteiger partial charge in [-0.1, -0.05) is 17.7 Å². The van der Waals surface area contributed by atoms with E-state index in [1.165, 1.54) is 0 Å². The Balaban J connectivity index is 1.59. The molecular weight excluding hydrogens is 465 g/mol. The zero-order valence-corrected chi connectivity index (χ0v) is 17.0. The summed E-state index contributed by atoms with van der Waals surface area (Å²) in [6.45, 7) is 2.30. The molecule has 5 nitrogen and oxygen atoms in total. The Kier molecular flexibility index (Phi) is 6.37. The van der Waals surface area contributed by atoms with Gasteiger partial charge in [0.15, 0.2) is 0 Å². The molecule has 3 rings (SSSR count). The molecule has 1 fully saturated rings. The van der Waals surface area contributed by atoms with Gasteiger partial charge < -0.3 is 15.1 Å². The molecule has 0 aromatic heterocycles. The van der Waals surface area contributed by atoms with Gasteiger partial charge in [0, 0.05) is 46.0 Å². The quantitative estimate of drug-likeness (QED) is 0.647. The van der Waals surface area contributed by atoms with E-state index >= 15 is 0 Å². The molecule has 3 amide bonds. The number of rotatable bonds is 2. The zero-order chi connectivity index (χ0) is 18.5. The topological polar surface area (TPSA) is 52.7 Å². The van der Waals surface area contributed by atoms with Crippen LogP contribution in [0.15, 0.2) is 48.5 Å². The smallest absolute Gasteiger partial charge is 0.321 e. The van der Waals surface area contributed by atoms with Gasteiger partial charge in [-0.15, -0.1) is 0 Å². The summed E-state index contributed by atoms with van der Waals surface area (Å²) in [6, 6.07) is 14.4. The van der Waals surface area contributed by atoms with E-state index < -0.39 is 0 Å². The molecule has 0 unspecified atom stereocenters. The fourth-order valence-electron chi connectivity index (χ4n) is 2.86. The summed E-state index contributed by atoms with van der Waals surface area (Å²) in [5.41, 5.74) is 1.39. The third-order valence-electron chi connectivity index (χ3n) is 4.24. The first-order valence-corrected chi connectivity index (χ1v) is 9.85. The summed E-state index contributed by atoms with van der Waals surface area (Å²) < 4.78 is 1.03. The molecule has 1 aliphatic heterocycles. The lowest BCUT2D eigenvalue weighted by Crippen LogP contribution is -2.39. The van der Waals surface area contributed by atoms with Crippen LogP contribution >= 0.6 is 34.2 Å². The lowest BCUT2D eigenvalue weighted by atomic mass is 10.2. The number of anilines is 1. The predicted molar refractivity (Wildman–Crippen MR) is 112 cm³/mol. The lowest BCUT2D eigenvalue weighted by molar-refractivity contribution is 0.0762. The van der Waals surface area contributed by atoms with Crippen LogP contribution in [-0.4, -0.2) is 47.9 Å². The van der Waals surface area contributed by atoms with Crippen molar-refractivity contribution >= 4 is 51.8 Å². The minimum Gasteiger partial charge on any atom is -0.337 e. The number of hydrogen-bond donors (Lipinski definition) is 1. The number of amides is 3. The molecular formula is C19H19ClIN3O2. The average molecular weight is 484 g/mol. The van der Waals surface area contributed by atoms with Gasteiger partial charge in [0.2, 0.25) is 0 Å². The van der Waals surface area contributed by atoms with Crippen molar-refractivity contribution in [3.05, 3.63) is 62.7 Å². The molecule has 0 spiro atoms. The van der Waals surface area contributed by atoms with Crippen LogP contribution in [0.1, 0.15) is 16.8 Å². The summed E-state index contributed by atoms with van der Waals surface area (Å²) in [6.07, 6.45) is 0.754. The van der Waals surface area contributed by atoms with Crippen LogP contribution in [0.5, 0.6) is 0 Å². The van der Waals surface area contributed by atoms with Gasteiger partial charge in [-0.25, -0.2) is 4.79 Å². The Morgan fingerprint density at radius 3 is 2.38 bits per heavy atom. The van der Waals surface area contributed by atoms with Crippen molar-refractivity contribution in [2.24, 2.45) is 0 Å². The highest BCUT2D eigenvalue weighted by molar-refractivity contribution is 14.1. The van der Waals surface area contributed by atoms with Crippen LogP contribution in [0.2, 0.25) is 5.02 Å². The second-order valence-electron chi connectivity index (χ2n) is 6.08. The largest absolute Gasteiger partial charge is 0.337 e. The van der Waals surface area contributed by atoms with Crippen molar-refractivity contribution in [3.63, 3.8) is 0 Å². The van der Waals surface area contributed by atoms with Crippen LogP contribution in [0.4, 0.5) is 10.5 Å². The van der Waals surface area contributed by atoms with Crippen LogP contribution in [0, 0.1) is 3.57 Å². The van der Waals surface area contributed by atoms with E-state index in [4.69, 9.17) is 11.6 Å². The van der Waals surface area contributed by atoms with Crippen molar-refractivity contribution in [3.8, 4) is 0 Å². The number of urea groups is 1. The monoisotopic (exact) mass is 483 g/mol. The number of halogens is 2. The van der Waals surface area contributed by atoms with Crippen LogP contribution in [0.25, 0.3) is 0 Å². The Labute approximate surface area is 171 Å². The maximum absolute atomic E-state index is 12.7. The molecule has 0 radical (unpaired) electrons. The first kappa shape index (κ1) is 19.0. The Morgan fingerprint density at radius 1 is 0.962 bits per heavy atom. The van der Waals surface area contributed by atoms with Gasteiger partial charge in [-0.3, -0.25) is 4.79 Å². The van der Waals surface area contributed by atoms with E-state index in [9.17, 15) is 9.59 Å². The summed E-state index contributed by atoms with van der Waals surface area (Å²) in [7, 11) is 0. The molecule has 1 N–H and O–H groups in total. The van der Waals surface area contributed by atoms with E-state index in [0.717, 1.165) is 9.99 Å². The molecule has 1 heterocycles. The Hall–Kier alpha value is -1.80. The number of carbonyl (C=O) groups excluding carboxylic acids is 2. The Bertz CT molecular complexity index is 798. The molecule has 26 heavy (non-hydrogen) atoms. The molecule has 7 heteroatoms. The number of nitrogens with zero attached hydrogens (tertiary/aromatic N) is 2. The summed E-state index contributed by atoms with van der Waals surface area (Å²) in [5.74, 6) is 0.0171. The molecule has 2 aromatic carbocycles. The highest BCUT2D eigenvalue weighted by Crippen LogP contribution is 2.16. The minimum atomic E-state index is -0.157. The summed E-state index contributed by atoms with van der Waals surface area (Å²) in [4.78, 5) is 28.7. The first-order valence-electron chi connectivity index (χ1n) is 8.39. The van der Waals surface area contributed by atoms with Crippen molar-refractivity contribution in [1.29, 1.82) is 0 Å². The maximum atomic E-state index is 12.7. The van der Waals surface area contributed by atoms with Crippen LogP contribution in [0.3, 0.4) is 0 Å². The first-order chi connectivity index (χ1) is 12.5. The number of nitrogens with one attached hydrogen (secondary N) is 1. The fraction of sp³-hybridized carbons (Fsp3) is 0.263. The third-order valence-corrected chi connectivity index (χ3v) is 5.16. The van der Waals surface area contributed by atoms with Crippen molar-refractivity contribution in [2.75, 3.05) is 31.5 Å². The number of carbonyl (C=O) groups is 2. The molecule has 0 atom stereocenters. The standard InChI is InChI=1S/C19H19ClIN3O2/c20-15-5-7-17(8-6-15)22-19(26)24-10-2-9-23(11-12-24)18(25)14-3-1-4-16(21)13-14/h1,3-8,13H,2,9-12H2,(H,22,26). The third kappa shape index (κ3) is 4.88. The van der Waals surface area contributed by atoms with E-state index in [0.29, 0.717) is 42.5 Å². The minimum absolute atomic E-state index is 0.0171. The van der Waals surface area contributed by atoms with Gasteiger partial charge in [0.1, 0.15) is 0 Å². The predicted octanol–water partition coefficient (Wildman–Crippen LogP) is 4.32. The normalized spacial score (nSPS) is 14.7. The summed E-state index contributed by atoms with van der Waals surface area (Å²) >= 11 is 8.06. The van der Waals surface area contributed by atoms with E-state index in [2.05, 4.69) is 27.9 Å². The van der Waals surface area contributed by atoms with Gasteiger partial charge in [-0.2, -0.15) is 0 Å². The average Bonchev–Trinajstić information content (AvgIpc) is 2.89. The highest BCUT2D eigenvalue weighted by atomic mass is 127. The van der Waals surface area contributed by atoms with Crippen LogP contribution < -0.4 is 5.32 Å². The lowest BCUT2D eigenvalue weighted by Gasteiger charge is -2.22. The second-order valence-corrected chi connectivity index (χ2v) is 7.76. The van der Waals surface area contributed by atoms with E-state index in [1.54, 1.807) is 29.2 Å². The SMILES string of the molecule is O=C(Nc1ccc(Cl)cc1)N1CCCN(C(=O)c2cccc(I)c2)CC1. The fourth-order valence-corrected chi connectivity index (χ4v) is 3.53. The molecule has 1 aliphatic rings. The summed E-state index contributed by atoms with van der Waals surface area (Å²) in [5, 5.41) is 3.50. The van der Waals surface area contributed by atoms with Crippen molar-refractivity contribution in [1.82, 2.24) is 9.80 Å². The molecule has 2 aromatic rings. The molecule has 1 saturated heterocycles. The van der Waals surface area contributed by atoms with Crippen LogP contribution in [-0.2, 0) is 0 Å². The number of hydrogen-bond acceptors (Lipinski definition) is 2. The van der Waals surface area contributed by atoms with Gasteiger partial charge in [-0.05, 0) is 71.5 Å². The van der Waals surface area contributed by atoms with E-state index in [-0.39, 0.29) is 11.9 Å². The van der Waals surface area contributed by atoms with Gasteiger partial charge in [0.05, 0.1) is 0 Å².